The van der Waals surface area contributed by atoms with E-state index >= 15 is 0 Å². The van der Waals surface area contributed by atoms with Crippen LogP contribution < -0.4 is 9.64 Å². The first-order chi connectivity index (χ1) is 11.7. The van der Waals surface area contributed by atoms with Gasteiger partial charge in [0.15, 0.2) is 0 Å². The number of aromatic nitrogens is 1. The maximum absolute atomic E-state index is 12.6. The fraction of sp³-hybridized carbons (Fsp3) is 0.368. The molecule has 5 heteroatoms. The predicted octanol–water partition coefficient (Wildman–Crippen LogP) is 3.36. The highest BCUT2D eigenvalue weighted by molar-refractivity contribution is 5.94. The molecule has 1 aromatic carbocycles. The smallest absolute Gasteiger partial charge is 0.342 e. The predicted molar refractivity (Wildman–Crippen MR) is 92.5 cm³/mol. The van der Waals surface area contributed by atoms with E-state index in [4.69, 9.17) is 9.47 Å². The molecule has 1 aromatic heterocycles. The molecule has 1 aliphatic rings. The van der Waals surface area contributed by atoms with Gasteiger partial charge in [-0.15, -0.1) is 0 Å². The number of aryl methyl sites for hydroxylation is 1. The van der Waals surface area contributed by atoms with Crippen LogP contribution >= 0.6 is 0 Å². The van der Waals surface area contributed by atoms with Crippen molar-refractivity contribution < 1.29 is 14.3 Å². The van der Waals surface area contributed by atoms with E-state index in [2.05, 4.69) is 9.88 Å². The van der Waals surface area contributed by atoms with Gasteiger partial charge < -0.3 is 14.4 Å². The summed E-state index contributed by atoms with van der Waals surface area (Å²) in [6, 6.07) is 9.37. The highest BCUT2D eigenvalue weighted by atomic mass is 16.5. The van der Waals surface area contributed by atoms with Gasteiger partial charge in [0.2, 0.25) is 0 Å². The molecule has 0 N–H and O–H groups in total. The average Bonchev–Trinajstić information content (AvgIpc) is 3.14. The third-order valence-electron chi connectivity index (χ3n) is 4.21. The molecule has 0 aliphatic carbocycles. The minimum absolute atomic E-state index is 0.179. The molecule has 0 spiro atoms. The molecule has 0 bridgehead atoms. The Kier molecular flexibility index (Phi) is 4.99. The lowest BCUT2D eigenvalue weighted by atomic mass is 10.1. The molecule has 2 heterocycles. The van der Waals surface area contributed by atoms with Crippen LogP contribution in [-0.4, -0.2) is 31.2 Å². The Labute approximate surface area is 142 Å². The second kappa shape index (κ2) is 7.34. The van der Waals surface area contributed by atoms with E-state index in [9.17, 15) is 4.79 Å². The summed E-state index contributed by atoms with van der Waals surface area (Å²) in [6.07, 6.45) is 3.98. The van der Waals surface area contributed by atoms with Crippen molar-refractivity contribution in [3.05, 3.63) is 53.2 Å². The van der Waals surface area contributed by atoms with E-state index in [1.807, 2.05) is 25.1 Å². The van der Waals surface area contributed by atoms with E-state index in [0.29, 0.717) is 5.56 Å². The van der Waals surface area contributed by atoms with Crippen LogP contribution in [0, 0.1) is 6.92 Å². The third kappa shape index (κ3) is 3.50. The van der Waals surface area contributed by atoms with Gasteiger partial charge in [0.25, 0.3) is 0 Å². The first kappa shape index (κ1) is 16.3. The zero-order chi connectivity index (χ0) is 16.9. The fourth-order valence-corrected chi connectivity index (χ4v) is 2.98. The van der Waals surface area contributed by atoms with E-state index in [1.165, 1.54) is 0 Å². The number of pyridine rings is 1. The second-order valence-corrected chi connectivity index (χ2v) is 5.96. The summed E-state index contributed by atoms with van der Waals surface area (Å²) in [5, 5.41) is 0. The van der Waals surface area contributed by atoms with Crippen molar-refractivity contribution in [1.29, 1.82) is 0 Å². The molecular formula is C19H22N2O3. The Morgan fingerprint density at radius 3 is 2.79 bits per heavy atom. The first-order valence-electron chi connectivity index (χ1n) is 8.19. The average molecular weight is 326 g/mol. The molecule has 0 unspecified atom stereocenters. The molecule has 0 amide bonds. The van der Waals surface area contributed by atoms with E-state index < -0.39 is 0 Å². The largest absolute Gasteiger partial charge is 0.496 e. The molecule has 1 saturated heterocycles. The number of carbonyl (C=O) groups excluding carboxylic acids is 1. The molecule has 5 nitrogen and oxygen atoms in total. The molecule has 126 valence electrons. The van der Waals surface area contributed by atoms with Crippen molar-refractivity contribution in [2.45, 2.75) is 26.4 Å². The zero-order valence-electron chi connectivity index (χ0n) is 14.1. The van der Waals surface area contributed by atoms with E-state index in [1.54, 1.807) is 25.4 Å². The van der Waals surface area contributed by atoms with Crippen LogP contribution in [0.4, 0.5) is 5.82 Å². The number of methoxy groups -OCH3 is 1. The molecule has 3 rings (SSSR count). The summed E-state index contributed by atoms with van der Waals surface area (Å²) in [7, 11) is 1.61. The highest BCUT2D eigenvalue weighted by Crippen LogP contribution is 2.24. The Hall–Kier alpha value is -2.56. The van der Waals surface area contributed by atoms with Gasteiger partial charge in [-0.3, -0.25) is 0 Å². The Morgan fingerprint density at radius 2 is 2.04 bits per heavy atom. The molecule has 0 radical (unpaired) electrons. The number of nitrogens with zero attached hydrogens (tertiary/aromatic N) is 2. The SMILES string of the molecule is COc1ccc(C)cc1COC(=O)c1cccnc1N1CCCC1. The lowest BCUT2D eigenvalue weighted by Gasteiger charge is -2.19. The zero-order valence-corrected chi connectivity index (χ0v) is 14.1. The number of hydrogen-bond donors (Lipinski definition) is 0. The van der Waals surface area contributed by atoms with Gasteiger partial charge in [-0.05, 0) is 44.0 Å². The van der Waals surface area contributed by atoms with E-state index in [-0.39, 0.29) is 12.6 Å². The highest BCUT2D eigenvalue weighted by Gasteiger charge is 2.21. The normalized spacial score (nSPS) is 13.8. The summed E-state index contributed by atoms with van der Waals surface area (Å²) in [6.45, 7) is 4.04. The number of carbonyl (C=O) groups is 1. The van der Waals surface area contributed by atoms with Crippen LogP contribution in [0.5, 0.6) is 5.75 Å². The lowest BCUT2D eigenvalue weighted by Crippen LogP contribution is -2.22. The number of hydrogen-bond acceptors (Lipinski definition) is 5. The monoisotopic (exact) mass is 326 g/mol. The van der Waals surface area contributed by atoms with Gasteiger partial charge in [-0.1, -0.05) is 11.6 Å². The van der Waals surface area contributed by atoms with Gasteiger partial charge in [0.05, 0.1) is 7.11 Å². The maximum atomic E-state index is 12.6. The lowest BCUT2D eigenvalue weighted by molar-refractivity contribution is 0.0470. The number of anilines is 1. The van der Waals surface area contributed by atoms with Gasteiger partial charge in [0.1, 0.15) is 23.7 Å². The standard InChI is InChI=1S/C19H22N2O3/c1-14-7-8-17(23-2)15(12-14)13-24-19(22)16-6-5-9-20-18(16)21-10-3-4-11-21/h5-9,12H,3-4,10-11,13H2,1-2H3. The third-order valence-corrected chi connectivity index (χ3v) is 4.21. The minimum atomic E-state index is -0.353. The van der Waals surface area contributed by atoms with Crippen LogP contribution in [0.2, 0.25) is 0 Å². The van der Waals surface area contributed by atoms with Crippen molar-refractivity contribution in [3.8, 4) is 5.75 Å². The Balaban J connectivity index is 1.75. The summed E-state index contributed by atoms with van der Waals surface area (Å²) in [4.78, 5) is 19.1. The quantitative estimate of drug-likeness (QED) is 0.789. The number of rotatable bonds is 5. The van der Waals surface area contributed by atoms with Crippen LogP contribution in [0.1, 0.15) is 34.3 Å². The van der Waals surface area contributed by atoms with Gasteiger partial charge in [0, 0.05) is 24.8 Å². The van der Waals surface area contributed by atoms with Crippen molar-refractivity contribution in [2.75, 3.05) is 25.1 Å². The number of benzene rings is 1. The van der Waals surface area contributed by atoms with Gasteiger partial charge in [-0.25, -0.2) is 9.78 Å². The Bertz CT molecular complexity index is 724. The molecule has 1 fully saturated rings. The molecule has 2 aromatic rings. The summed E-state index contributed by atoms with van der Waals surface area (Å²) >= 11 is 0. The maximum Gasteiger partial charge on any atom is 0.342 e. The molecule has 0 saturated carbocycles. The van der Waals surface area contributed by atoms with Crippen molar-refractivity contribution in [2.24, 2.45) is 0 Å². The Morgan fingerprint density at radius 1 is 1.25 bits per heavy atom. The summed E-state index contributed by atoms with van der Waals surface area (Å²) in [5.74, 6) is 1.09. The fourth-order valence-electron chi connectivity index (χ4n) is 2.98. The molecular weight excluding hydrogens is 304 g/mol. The van der Waals surface area contributed by atoms with Crippen LogP contribution in [0.3, 0.4) is 0 Å². The van der Waals surface area contributed by atoms with Crippen LogP contribution in [0.25, 0.3) is 0 Å². The van der Waals surface area contributed by atoms with Gasteiger partial charge in [-0.2, -0.15) is 0 Å². The molecule has 0 atom stereocenters. The van der Waals surface area contributed by atoms with Crippen LogP contribution in [-0.2, 0) is 11.3 Å². The summed E-state index contributed by atoms with van der Waals surface area (Å²) in [5.41, 5.74) is 2.48. The molecule has 1 aliphatic heterocycles. The minimum Gasteiger partial charge on any atom is -0.496 e. The van der Waals surface area contributed by atoms with Crippen LogP contribution in [0.15, 0.2) is 36.5 Å². The molecule has 24 heavy (non-hydrogen) atoms. The number of ether oxygens (including phenoxy) is 2. The topological polar surface area (TPSA) is 51.7 Å². The van der Waals surface area contributed by atoms with Crippen molar-refractivity contribution in [1.82, 2.24) is 4.98 Å². The second-order valence-electron chi connectivity index (χ2n) is 5.96. The van der Waals surface area contributed by atoms with Gasteiger partial charge >= 0.3 is 5.97 Å². The van der Waals surface area contributed by atoms with Crippen molar-refractivity contribution >= 4 is 11.8 Å². The first-order valence-corrected chi connectivity index (χ1v) is 8.19. The van der Waals surface area contributed by atoms with E-state index in [0.717, 1.165) is 48.6 Å². The van der Waals surface area contributed by atoms with Crippen molar-refractivity contribution in [3.63, 3.8) is 0 Å². The number of esters is 1. The summed E-state index contributed by atoms with van der Waals surface area (Å²) < 4.78 is 10.9.